The van der Waals surface area contributed by atoms with Crippen molar-refractivity contribution in [3.05, 3.63) is 0 Å². The maximum Gasteiger partial charge on any atom is 0.312 e. The highest BCUT2D eigenvalue weighted by molar-refractivity contribution is 5.88. The van der Waals surface area contributed by atoms with Crippen LogP contribution in [0.4, 0.5) is 0 Å². The van der Waals surface area contributed by atoms with E-state index in [1.54, 1.807) is 0 Å². The first-order chi connectivity index (χ1) is 25.3. The number of Topliss-reactive ketones (excluding diaryl/α,β-unsaturated/α-hetero) is 1. The second-order valence-electron chi connectivity index (χ2n) is 17.3. The molecule has 1 saturated heterocycles. The van der Waals surface area contributed by atoms with Gasteiger partial charge in [-0.05, 0) is 93.8 Å². The molecule has 0 aromatic heterocycles. The van der Waals surface area contributed by atoms with Crippen LogP contribution in [0.25, 0.3) is 0 Å². The third kappa shape index (κ3) is 8.48. The van der Waals surface area contributed by atoms with Crippen molar-refractivity contribution in [2.45, 2.75) is 163 Å². The first kappa shape index (κ1) is 41.6. The number of rotatable bonds is 13. The summed E-state index contributed by atoms with van der Waals surface area (Å²) in [6.07, 6.45) is 4.66. The lowest BCUT2D eigenvalue weighted by Crippen LogP contribution is -2.66. The molecule has 1 N–H and O–H groups in total. The Labute approximate surface area is 317 Å². The van der Waals surface area contributed by atoms with Crippen molar-refractivity contribution in [1.29, 1.82) is 0 Å². The molecular weight excluding hydrogens is 702 g/mol. The monoisotopic (exact) mass is 761 g/mol. The maximum absolute atomic E-state index is 13.8. The number of ketones is 1. The van der Waals surface area contributed by atoms with Crippen LogP contribution in [-0.2, 0) is 62.0 Å². The molecule has 302 valence electrons. The van der Waals surface area contributed by atoms with Crippen molar-refractivity contribution in [2.75, 3.05) is 13.2 Å². The van der Waals surface area contributed by atoms with Crippen LogP contribution in [-0.4, -0.2) is 85.4 Å². The number of amides is 1. The molecule has 1 amide bonds. The van der Waals surface area contributed by atoms with Gasteiger partial charge in [0.15, 0.2) is 12.2 Å². The highest BCUT2D eigenvalue weighted by Crippen LogP contribution is 2.73. The molecule has 0 unspecified atom stereocenters. The summed E-state index contributed by atoms with van der Waals surface area (Å²) < 4.78 is 33.4. The fourth-order valence-corrected chi connectivity index (χ4v) is 11.2. The van der Waals surface area contributed by atoms with Gasteiger partial charge in [-0.15, -0.1) is 0 Å². The minimum atomic E-state index is -1.47. The molecule has 1 heterocycles. The molecule has 0 aromatic rings. The van der Waals surface area contributed by atoms with Crippen LogP contribution >= 0.6 is 0 Å². The van der Waals surface area contributed by atoms with E-state index in [-0.39, 0.29) is 41.2 Å². The minimum absolute atomic E-state index is 0.00236. The highest BCUT2D eigenvalue weighted by Gasteiger charge is 2.68. The average Bonchev–Trinajstić information content (AvgIpc) is 3.25. The van der Waals surface area contributed by atoms with Crippen LogP contribution in [0.1, 0.15) is 132 Å². The summed E-state index contributed by atoms with van der Waals surface area (Å²) in [4.78, 5) is 87.7. The standard InChI is InChI=1S/C40H59NO13/c1-23(42)41-32-34(52-26(4)45)33(51-25(3)44)27(21-50-24(2)43)53-35(32)54-31(47)12-9-8-10-19-49-36(48)39(7)16-11-15-38(6)28(39)14-18-40-20-30(46)37(5,22-40)17-13-29(38)40/h27-29,32-35H,8-22H2,1-7H3,(H,41,42)/t27-,28+,29+,32-,33-,34-,35+,37+,38-,39-,40+/m1/s1. The van der Waals surface area contributed by atoms with Crippen molar-refractivity contribution in [1.82, 2.24) is 5.32 Å². The Morgan fingerprint density at radius 2 is 1.46 bits per heavy atom. The van der Waals surface area contributed by atoms with Gasteiger partial charge in [0, 0.05) is 46.0 Å². The first-order valence-electron chi connectivity index (χ1n) is 19.6. The lowest BCUT2D eigenvalue weighted by atomic mass is 9.40. The molecule has 11 atom stereocenters. The summed E-state index contributed by atoms with van der Waals surface area (Å²) >= 11 is 0. The third-order valence-electron chi connectivity index (χ3n) is 13.4. The van der Waals surface area contributed by atoms with Gasteiger partial charge in [0.1, 0.15) is 24.5 Å². The van der Waals surface area contributed by atoms with Gasteiger partial charge in [-0.1, -0.05) is 20.3 Å². The average molecular weight is 762 g/mol. The Morgan fingerprint density at radius 3 is 2.13 bits per heavy atom. The number of hydrogen-bond acceptors (Lipinski definition) is 13. The molecule has 5 rings (SSSR count). The van der Waals surface area contributed by atoms with E-state index in [2.05, 4.69) is 26.1 Å². The summed E-state index contributed by atoms with van der Waals surface area (Å²) in [5, 5.41) is 2.57. The molecule has 14 nitrogen and oxygen atoms in total. The van der Waals surface area contributed by atoms with Crippen molar-refractivity contribution < 1.29 is 62.0 Å². The van der Waals surface area contributed by atoms with Crippen LogP contribution in [0, 0.1) is 33.5 Å². The minimum Gasteiger partial charge on any atom is -0.465 e. The van der Waals surface area contributed by atoms with Gasteiger partial charge < -0.3 is 33.7 Å². The zero-order valence-electron chi connectivity index (χ0n) is 33.0. The molecule has 2 bridgehead atoms. The summed E-state index contributed by atoms with van der Waals surface area (Å²) in [6.45, 7) is 11.1. The molecule has 0 aromatic carbocycles. The van der Waals surface area contributed by atoms with E-state index in [0.29, 0.717) is 37.4 Å². The first-order valence-corrected chi connectivity index (χ1v) is 19.6. The Kier molecular flexibility index (Phi) is 12.5. The van der Waals surface area contributed by atoms with Crippen molar-refractivity contribution in [2.24, 2.45) is 33.5 Å². The number of carbonyl (C=O) groups excluding carboxylic acids is 7. The van der Waals surface area contributed by atoms with E-state index < -0.39 is 72.5 Å². The Balaban J connectivity index is 1.13. The van der Waals surface area contributed by atoms with E-state index in [1.165, 1.54) is 13.8 Å². The smallest absolute Gasteiger partial charge is 0.312 e. The summed E-state index contributed by atoms with van der Waals surface area (Å²) in [6, 6.07) is -1.25. The lowest BCUT2D eigenvalue weighted by molar-refractivity contribution is -0.271. The van der Waals surface area contributed by atoms with Crippen LogP contribution in [0.3, 0.4) is 0 Å². The van der Waals surface area contributed by atoms with Crippen molar-refractivity contribution in [3.63, 3.8) is 0 Å². The molecule has 5 aliphatic rings. The summed E-state index contributed by atoms with van der Waals surface area (Å²) in [7, 11) is 0. The summed E-state index contributed by atoms with van der Waals surface area (Å²) in [5.41, 5.74) is -0.684. The normalized spacial score (nSPS) is 38.2. The van der Waals surface area contributed by atoms with E-state index >= 15 is 0 Å². The third-order valence-corrected chi connectivity index (χ3v) is 13.4. The molecular formula is C40H59NO13. The highest BCUT2D eigenvalue weighted by atomic mass is 16.7. The van der Waals surface area contributed by atoms with E-state index in [0.717, 1.165) is 65.2 Å². The number of fused-ring (bicyclic) bond motifs is 3. The number of nitrogens with one attached hydrogen (secondary N) is 1. The fraction of sp³-hybridized carbons (Fsp3) is 0.825. The van der Waals surface area contributed by atoms with Gasteiger partial charge >= 0.3 is 29.8 Å². The largest absolute Gasteiger partial charge is 0.465 e. The topological polar surface area (TPSA) is 187 Å². The van der Waals surface area contributed by atoms with Gasteiger partial charge in [0.2, 0.25) is 12.2 Å². The fourth-order valence-electron chi connectivity index (χ4n) is 11.2. The molecule has 1 spiro atoms. The predicted octanol–water partition coefficient (Wildman–Crippen LogP) is 4.66. The molecule has 4 saturated carbocycles. The second kappa shape index (κ2) is 16.3. The molecule has 14 heteroatoms. The number of hydrogen-bond donors (Lipinski definition) is 1. The quantitative estimate of drug-likeness (QED) is 0.155. The number of ether oxygens (including phenoxy) is 6. The number of carbonyl (C=O) groups is 7. The Morgan fingerprint density at radius 1 is 0.778 bits per heavy atom. The van der Waals surface area contributed by atoms with Crippen LogP contribution in [0.15, 0.2) is 0 Å². The summed E-state index contributed by atoms with van der Waals surface area (Å²) in [5.74, 6) is -2.43. The van der Waals surface area contributed by atoms with Gasteiger partial charge in [-0.25, -0.2) is 0 Å². The van der Waals surface area contributed by atoms with Crippen molar-refractivity contribution in [3.8, 4) is 0 Å². The van der Waals surface area contributed by atoms with Gasteiger partial charge in [-0.3, -0.25) is 33.6 Å². The number of unbranched alkanes of at least 4 members (excludes halogenated alkanes) is 2. The van der Waals surface area contributed by atoms with Gasteiger partial charge in [-0.2, -0.15) is 0 Å². The van der Waals surface area contributed by atoms with Gasteiger partial charge in [0.05, 0.1) is 12.0 Å². The zero-order valence-corrected chi connectivity index (χ0v) is 33.0. The van der Waals surface area contributed by atoms with E-state index in [9.17, 15) is 33.6 Å². The lowest BCUT2D eigenvalue weighted by Gasteiger charge is -2.63. The Hall–Kier alpha value is -3.55. The molecule has 4 aliphatic carbocycles. The molecule has 54 heavy (non-hydrogen) atoms. The van der Waals surface area contributed by atoms with Crippen LogP contribution < -0.4 is 5.32 Å². The van der Waals surface area contributed by atoms with Crippen molar-refractivity contribution >= 4 is 41.5 Å². The van der Waals surface area contributed by atoms with Gasteiger partial charge in [0.25, 0.3) is 0 Å². The van der Waals surface area contributed by atoms with Crippen LogP contribution in [0.2, 0.25) is 0 Å². The second-order valence-corrected chi connectivity index (χ2v) is 17.3. The Bertz CT molecular complexity index is 1500. The molecule has 1 aliphatic heterocycles. The zero-order chi connectivity index (χ0) is 39.6. The molecule has 5 fully saturated rings. The molecule has 0 radical (unpaired) electrons. The predicted molar refractivity (Wildman–Crippen MR) is 190 cm³/mol. The number of esters is 5. The van der Waals surface area contributed by atoms with Crippen LogP contribution in [0.5, 0.6) is 0 Å². The SMILES string of the molecule is CC(=O)N[C@H]1[C@H](OC(=O)CCCCCOC(=O)[C@]2(C)CCC[C@@]3(C)[C@@H]4CC[C@@]5(C)C[C@]4(CC[C@@H]32)CC5=O)O[C@H](COC(C)=O)[C@@H](OC(C)=O)[C@@H]1OC(C)=O. The van der Waals surface area contributed by atoms with E-state index in [4.69, 9.17) is 28.4 Å². The van der Waals surface area contributed by atoms with E-state index in [1.807, 2.05) is 0 Å². The maximum atomic E-state index is 13.8.